The van der Waals surface area contributed by atoms with Gasteiger partial charge in [0, 0.05) is 55.7 Å². The highest BCUT2D eigenvalue weighted by atomic mass is 32.2. The van der Waals surface area contributed by atoms with Crippen LogP contribution < -0.4 is 9.80 Å². The molecule has 39 heavy (non-hydrogen) atoms. The summed E-state index contributed by atoms with van der Waals surface area (Å²) in [6.45, 7) is 7.93. The predicted molar refractivity (Wildman–Crippen MR) is 151 cm³/mol. The number of carbonyl (C=O) groups is 1. The summed E-state index contributed by atoms with van der Waals surface area (Å²) in [7, 11) is 2.16. The highest BCUT2D eigenvalue weighted by molar-refractivity contribution is 7.90. The molecule has 0 N–H and O–H groups in total. The Morgan fingerprint density at radius 2 is 2.03 bits per heavy atom. The summed E-state index contributed by atoms with van der Waals surface area (Å²) < 4.78 is 18.3. The number of benzene rings is 1. The van der Waals surface area contributed by atoms with Crippen LogP contribution in [0.5, 0.6) is 0 Å². The summed E-state index contributed by atoms with van der Waals surface area (Å²) in [6.07, 6.45) is 5.08. The van der Waals surface area contributed by atoms with Gasteiger partial charge < -0.3 is 24.0 Å². The number of hydrogen-bond donors (Lipinski definition) is 0. The molecule has 1 aliphatic carbocycles. The van der Waals surface area contributed by atoms with E-state index in [1.165, 1.54) is 11.3 Å². The Morgan fingerprint density at radius 1 is 1.26 bits per heavy atom. The molecule has 0 radical (unpaired) electrons. The first-order valence-electron chi connectivity index (χ1n) is 13.6. The molecule has 1 fully saturated rings. The third-order valence-corrected chi connectivity index (χ3v) is 8.73. The predicted octanol–water partition coefficient (Wildman–Crippen LogP) is 3.72. The van der Waals surface area contributed by atoms with E-state index in [-0.39, 0.29) is 17.9 Å². The molecule has 10 heteroatoms. The van der Waals surface area contributed by atoms with Crippen molar-refractivity contribution in [1.29, 1.82) is 5.26 Å². The molecular weight excluding hydrogens is 512 g/mol. The van der Waals surface area contributed by atoms with Gasteiger partial charge in [-0.05, 0) is 63.5 Å². The SMILES string of the molecule is CN1C[C@]2(CCc3c(nc([S+](C)[O-])nc3N3CCN(C(=O)OC(C)(C)C)[C@@H](CC#N)C3)C2)Cc2ccccc21. The summed E-state index contributed by atoms with van der Waals surface area (Å²) in [5.74, 6) is 0.802. The number of para-hydroxylation sites is 1. The number of nitrogens with zero attached hydrogens (tertiary/aromatic N) is 6. The van der Waals surface area contributed by atoms with Crippen molar-refractivity contribution in [2.75, 3.05) is 49.3 Å². The number of hydrogen-bond acceptors (Lipinski definition) is 8. The summed E-state index contributed by atoms with van der Waals surface area (Å²) in [6, 6.07) is 10.5. The van der Waals surface area contributed by atoms with Gasteiger partial charge in [-0.1, -0.05) is 18.2 Å². The van der Waals surface area contributed by atoms with Crippen LogP contribution >= 0.6 is 0 Å². The normalized spacial score (nSPS) is 23.6. The Kier molecular flexibility index (Phi) is 7.42. The van der Waals surface area contributed by atoms with Crippen molar-refractivity contribution in [1.82, 2.24) is 14.9 Å². The summed E-state index contributed by atoms with van der Waals surface area (Å²) in [5, 5.41) is 9.88. The average molecular weight is 551 g/mol. The second-order valence-corrected chi connectivity index (χ2v) is 13.5. The Bertz CT molecular complexity index is 1290. The molecule has 3 aliphatic rings. The van der Waals surface area contributed by atoms with Crippen LogP contribution in [0.1, 0.15) is 50.4 Å². The van der Waals surface area contributed by atoms with Crippen molar-refractivity contribution < 1.29 is 14.1 Å². The Balaban J connectivity index is 1.44. The van der Waals surface area contributed by atoms with Crippen molar-refractivity contribution in [3.8, 4) is 6.07 Å². The van der Waals surface area contributed by atoms with Gasteiger partial charge in [0.2, 0.25) is 0 Å². The summed E-state index contributed by atoms with van der Waals surface area (Å²) in [5.41, 5.74) is 4.20. The van der Waals surface area contributed by atoms with Crippen molar-refractivity contribution in [2.24, 2.45) is 5.41 Å². The molecular formula is C29H38N6O3S. The number of carbonyl (C=O) groups excluding carboxylic acids is 1. The van der Waals surface area contributed by atoms with Crippen molar-refractivity contribution in [3.63, 3.8) is 0 Å². The zero-order valence-corrected chi connectivity index (χ0v) is 24.4. The molecule has 1 unspecified atom stereocenters. The largest absolute Gasteiger partial charge is 0.609 e. The van der Waals surface area contributed by atoms with E-state index in [0.29, 0.717) is 24.8 Å². The van der Waals surface area contributed by atoms with Crippen LogP contribution in [0.4, 0.5) is 16.3 Å². The van der Waals surface area contributed by atoms with Crippen LogP contribution in [0.25, 0.3) is 0 Å². The van der Waals surface area contributed by atoms with Crippen LogP contribution in [0.3, 0.4) is 0 Å². The van der Waals surface area contributed by atoms with Gasteiger partial charge in [0.05, 0.1) is 24.2 Å². The van der Waals surface area contributed by atoms with Crippen LogP contribution in [-0.4, -0.2) is 76.6 Å². The second kappa shape index (κ2) is 10.5. The first-order valence-corrected chi connectivity index (χ1v) is 15.2. The molecule has 9 nitrogen and oxygen atoms in total. The molecule has 3 atom stereocenters. The minimum atomic E-state index is -1.34. The third kappa shape index (κ3) is 5.66. The molecule has 2 aromatic rings. The topological polar surface area (TPSA) is 109 Å². The van der Waals surface area contributed by atoms with Gasteiger partial charge in [-0.2, -0.15) is 15.2 Å². The van der Waals surface area contributed by atoms with Gasteiger partial charge in [-0.25, -0.2) is 4.79 Å². The molecule has 1 amide bonds. The van der Waals surface area contributed by atoms with Gasteiger partial charge in [0.25, 0.3) is 0 Å². The van der Waals surface area contributed by atoms with Crippen LogP contribution in [0.2, 0.25) is 0 Å². The van der Waals surface area contributed by atoms with Gasteiger partial charge >= 0.3 is 11.2 Å². The highest BCUT2D eigenvalue weighted by Crippen LogP contribution is 2.45. The fourth-order valence-corrected chi connectivity index (χ4v) is 6.83. The lowest BCUT2D eigenvalue weighted by Gasteiger charge is -2.46. The number of ether oxygens (including phenoxy) is 1. The maximum absolute atomic E-state index is 12.9. The standard InChI is InChI=1S/C29H38N6O3S/c1-28(2,3)38-27(36)35-15-14-34(18-21(35)11-13-30)25-22-10-12-29(17-23(22)31-26(32-25)39(5)37)16-20-8-6-7-9-24(20)33(4)19-29/h6-9,21H,10-12,14-19H2,1-5H3/t21-,29+,39?/m0/s1. The van der Waals surface area contributed by atoms with Gasteiger partial charge in [-0.3, -0.25) is 0 Å². The molecule has 1 saturated heterocycles. The molecule has 1 spiro atoms. The van der Waals surface area contributed by atoms with E-state index in [4.69, 9.17) is 14.7 Å². The monoisotopic (exact) mass is 550 g/mol. The first-order chi connectivity index (χ1) is 18.5. The average Bonchev–Trinajstić information content (AvgIpc) is 2.87. The van der Waals surface area contributed by atoms with Crippen molar-refractivity contribution in [2.45, 2.75) is 69.7 Å². The number of nitriles is 1. The minimum Gasteiger partial charge on any atom is -0.609 e. The van der Waals surface area contributed by atoms with E-state index in [0.717, 1.165) is 49.3 Å². The number of rotatable bonds is 3. The van der Waals surface area contributed by atoms with Gasteiger partial charge in [-0.15, -0.1) is 0 Å². The summed E-state index contributed by atoms with van der Waals surface area (Å²) in [4.78, 5) is 28.7. The lowest BCUT2D eigenvalue weighted by Crippen LogP contribution is -2.56. The lowest BCUT2D eigenvalue weighted by molar-refractivity contribution is 0.0144. The molecule has 5 rings (SSSR count). The number of amides is 1. The third-order valence-electron chi connectivity index (χ3n) is 8.03. The zero-order chi connectivity index (χ0) is 27.9. The molecule has 208 valence electrons. The van der Waals surface area contributed by atoms with E-state index in [9.17, 15) is 14.6 Å². The molecule has 1 aromatic heterocycles. The van der Waals surface area contributed by atoms with Crippen molar-refractivity contribution in [3.05, 3.63) is 41.1 Å². The van der Waals surface area contributed by atoms with E-state index in [1.54, 1.807) is 11.2 Å². The molecule has 0 saturated carbocycles. The lowest BCUT2D eigenvalue weighted by atomic mass is 9.67. The maximum atomic E-state index is 12.9. The zero-order valence-electron chi connectivity index (χ0n) is 23.6. The van der Waals surface area contributed by atoms with Gasteiger partial charge in [0.15, 0.2) is 0 Å². The quantitative estimate of drug-likeness (QED) is 0.420. The molecule has 2 aliphatic heterocycles. The number of fused-ring (bicyclic) bond motifs is 2. The Morgan fingerprint density at radius 3 is 2.74 bits per heavy atom. The molecule has 3 heterocycles. The maximum Gasteiger partial charge on any atom is 0.410 e. The summed E-state index contributed by atoms with van der Waals surface area (Å²) >= 11 is -1.34. The molecule has 0 bridgehead atoms. The molecule has 1 aromatic carbocycles. The van der Waals surface area contributed by atoms with Gasteiger partial charge in [0.1, 0.15) is 17.7 Å². The number of aromatic nitrogens is 2. The van der Waals surface area contributed by atoms with Crippen molar-refractivity contribution >= 4 is 28.8 Å². The van der Waals surface area contributed by atoms with E-state index in [2.05, 4.69) is 47.2 Å². The fourth-order valence-electron chi connectivity index (χ4n) is 6.38. The minimum absolute atomic E-state index is 0.0625. The van der Waals surface area contributed by atoms with E-state index >= 15 is 0 Å². The van der Waals surface area contributed by atoms with E-state index < -0.39 is 22.9 Å². The Hall–Kier alpha value is -3.03. The van der Waals surface area contributed by atoms with E-state index in [1.807, 2.05) is 20.8 Å². The van der Waals surface area contributed by atoms with Crippen LogP contribution in [0, 0.1) is 16.7 Å². The Labute approximate surface area is 234 Å². The number of piperazine rings is 1. The first kappa shape index (κ1) is 27.5. The van der Waals surface area contributed by atoms with Crippen LogP contribution in [0.15, 0.2) is 29.4 Å². The van der Waals surface area contributed by atoms with Crippen LogP contribution in [-0.2, 0) is 35.2 Å². The smallest absolute Gasteiger partial charge is 0.410 e. The number of anilines is 2. The second-order valence-electron chi connectivity index (χ2n) is 12.2. The fraction of sp³-hybridized carbons (Fsp3) is 0.586. The highest BCUT2D eigenvalue weighted by Gasteiger charge is 2.43.